The lowest BCUT2D eigenvalue weighted by Gasteiger charge is -2.10. The maximum Gasteiger partial charge on any atom is 0.356 e. The van der Waals surface area contributed by atoms with Crippen molar-refractivity contribution in [1.82, 2.24) is 0 Å². The second-order valence-electron chi connectivity index (χ2n) is 3.02. The van der Waals surface area contributed by atoms with Crippen molar-refractivity contribution < 1.29 is 18.7 Å². The van der Waals surface area contributed by atoms with Gasteiger partial charge in [-0.15, -0.1) is 0 Å². The summed E-state index contributed by atoms with van der Waals surface area (Å²) in [7, 11) is -4.42. The molecule has 0 aliphatic heterocycles. The largest absolute Gasteiger partial charge is 0.356 e. The van der Waals surface area contributed by atoms with Crippen molar-refractivity contribution in [2.24, 2.45) is 0 Å². The number of allylic oxidation sites excluding steroid dienone is 1. The molecule has 0 saturated carbocycles. The molecule has 0 fully saturated rings. The van der Waals surface area contributed by atoms with Crippen LogP contribution >= 0.6 is 7.60 Å². The number of halogens is 1. The van der Waals surface area contributed by atoms with Crippen molar-refractivity contribution in [2.75, 3.05) is 0 Å². The highest BCUT2D eigenvalue weighted by molar-refractivity contribution is 7.63. The van der Waals surface area contributed by atoms with Gasteiger partial charge in [-0.3, -0.25) is 4.57 Å². The Morgan fingerprint density at radius 2 is 2.07 bits per heavy atom. The molecule has 0 aromatic heterocycles. The van der Waals surface area contributed by atoms with Gasteiger partial charge in [-0.25, -0.2) is 4.39 Å². The molecule has 0 radical (unpaired) electrons. The molecule has 0 aliphatic carbocycles. The van der Waals surface area contributed by atoms with E-state index in [0.29, 0.717) is 6.42 Å². The van der Waals surface area contributed by atoms with Crippen LogP contribution in [-0.2, 0) is 4.57 Å². The van der Waals surface area contributed by atoms with E-state index in [0.717, 1.165) is 0 Å². The molecule has 0 saturated heterocycles. The molecule has 2 N–H and O–H groups in total. The minimum Gasteiger partial charge on any atom is -0.321 e. The first-order valence-electron chi connectivity index (χ1n) is 4.48. The van der Waals surface area contributed by atoms with Crippen molar-refractivity contribution in [3.8, 4) is 0 Å². The quantitative estimate of drug-likeness (QED) is 0.785. The molecule has 0 amide bonds. The molecule has 0 spiro atoms. The lowest BCUT2D eigenvalue weighted by Crippen LogP contribution is -1.91. The summed E-state index contributed by atoms with van der Waals surface area (Å²) >= 11 is 0. The van der Waals surface area contributed by atoms with Gasteiger partial charge >= 0.3 is 7.60 Å². The van der Waals surface area contributed by atoms with Crippen LogP contribution < -0.4 is 0 Å². The van der Waals surface area contributed by atoms with E-state index in [4.69, 9.17) is 9.79 Å². The second kappa shape index (κ2) is 4.71. The molecule has 15 heavy (non-hydrogen) atoms. The predicted molar refractivity (Wildman–Crippen MR) is 56.7 cm³/mol. The monoisotopic (exact) mass is 230 g/mol. The van der Waals surface area contributed by atoms with Gasteiger partial charge in [-0.2, -0.15) is 0 Å². The van der Waals surface area contributed by atoms with Crippen LogP contribution in [0.4, 0.5) is 4.39 Å². The molecule has 5 heteroatoms. The van der Waals surface area contributed by atoms with E-state index < -0.39 is 13.4 Å². The summed E-state index contributed by atoms with van der Waals surface area (Å²) in [5, 5.41) is -0.247. The van der Waals surface area contributed by atoms with E-state index in [-0.39, 0.29) is 10.9 Å². The molecule has 1 rings (SSSR count). The number of benzene rings is 1. The first kappa shape index (κ1) is 12.1. The van der Waals surface area contributed by atoms with E-state index >= 15 is 0 Å². The summed E-state index contributed by atoms with van der Waals surface area (Å²) < 4.78 is 24.4. The van der Waals surface area contributed by atoms with Gasteiger partial charge in [-0.1, -0.05) is 31.2 Å². The van der Waals surface area contributed by atoms with E-state index in [2.05, 4.69) is 0 Å². The van der Waals surface area contributed by atoms with Crippen molar-refractivity contribution in [3.05, 3.63) is 41.7 Å². The van der Waals surface area contributed by atoms with E-state index in [9.17, 15) is 8.96 Å². The molecule has 0 atom stereocenters. The zero-order chi connectivity index (χ0) is 11.5. The molecule has 0 aliphatic rings. The Morgan fingerprint density at radius 3 is 2.53 bits per heavy atom. The van der Waals surface area contributed by atoms with Gasteiger partial charge in [-0.05, 0) is 12.5 Å². The molecule has 82 valence electrons. The Labute approximate surface area is 87.4 Å². The molecular weight excluding hydrogens is 218 g/mol. The van der Waals surface area contributed by atoms with Gasteiger partial charge in [0.2, 0.25) is 0 Å². The summed E-state index contributed by atoms with van der Waals surface area (Å²) in [6.45, 7) is 1.73. The van der Waals surface area contributed by atoms with Crippen molar-refractivity contribution >= 4 is 12.9 Å². The Hall–Kier alpha value is -0.960. The SMILES string of the molecule is CCC=C(c1ccccc1F)P(=O)(O)O. The van der Waals surface area contributed by atoms with Crippen LogP contribution in [0, 0.1) is 5.82 Å². The standard InChI is InChI=1S/C10H12FO3P/c1-2-5-10(15(12,13)14)8-6-3-4-7-9(8)11/h3-7H,2H2,1H3,(H2,12,13,14). The van der Waals surface area contributed by atoms with Crippen LogP contribution in [0.3, 0.4) is 0 Å². The molecule has 0 unspecified atom stereocenters. The minimum absolute atomic E-state index is 0.0346. The van der Waals surface area contributed by atoms with Gasteiger partial charge in [0, 0.05) is 5.56 Å². The summed E-state index contributed by atoms with van der Waals surface area (Å²) in [4.78, 5) is 18.1. The maximum atomic E-state index is 13.3. The van der Waals surface area contributed by atoms with E-state index in [1.807, 2.05) is 0 Å². The highest BCUT2D eigenvalue weighted by Crippen LogP contribution is 2.51. The summed E-state index contributed by atoms with van der Waals surface area (Å²) in [5.74, 6) is -0.625. The molecule has 0 bridgehead atoms. The van der Waals surface area contributed by atoms with Crippen LogP contribution in [0.25, 0.3) is 5.31 Å². The third-order valence-electron chi connectivity index (χ3n) is 1.86. The lowest BCUT2D eigenvalue weighted by atomic mass is 10.2. The number of hydrogen-bond donors (Lipinski definition) is 2. The minimum atomic E-state index is -4.42. The van der Waals surface area contributed by atoms with E-state index in [1.54, 1.807) is 6.92 Å². The van der Waals surface area contributed by atoms with Crippen molar-refractivity contribution in [3.63, 3.8) is 0 Å². The normalized spacial score (nSPS) is 12.9. The Kier molecular flexibility index (Phi) is 3.80. The average Bonchev–Trinajstić information content (AvgIpc) is 2.14. The molecule has 3 nitrogen and oxygen atoms in total. The molecular formula is C10H12FO3P. The predicted octanol–water partition coefficient (Wildman–Crippen LogP) is 2.75. The van der Waals surface area contributed by atoms with Gasteiger partial charge in [0.05, 0.1) is 5.31 Å². The summed E-state index contributed by atoms with van der Waals surface area (Å²) in [6.07, 6.45) is 1.79. The fraction of sp³-hybridized carbons (Fsp3) is 0.200. The van der Waals surface area contributed by atoms with Crippen LogP contribution in [0.5, 0.6) is 0 Å². The number of hydrogen-bond acceptors (Lipinski definition) is 1. The Morgan fingerprint density at radius 1 is 1.47 bits per heavy atom. The topological polar surface area (TPSA) is 57.5 Å². The second-order valence-corrected chi connectivity index (χ2v) is 4.59. The Bertz CT molecular complexity index is 422. The van der Waals surface area contributed by atoms with Gasteiger partial charge in [0.1, 0.15) is 5.82 Å². The van der Waals surface area contributed by atoms with Crippen LogP contribution in [0.1, 0.15) is 18.9 Å². The van der Waals surface area contributed by atoms with Crippen LogP contribution in [-0.4, -0.2) is 9.79 Å². The van der Waals surface area contributed by atoms with Gasteiger partial charge in [0.25, 0.3) is 0 Å². The zero-order valence-electron chi connectivity index (χ0n) is 8.22. The third-order valence-corrected chi connectivity index (χ3v) is 2.91. The van der Waals surface area contributed by atoms with Crippen molar-refractivity contribution in [1.29, 1.82) is 0 Å². The highest BCUT2D eigenvalue weighted by atomic mass is 31.2. The fourth-order valence-corrected chi connectivity index (χ4v) is 2.16. The smallest absolute Gasteiger partial charge is 0.321 e. The van der Waals surface area contributed by atoms with Gasteiger partial charge < -0.3 is 9.79 Å². The molecule has 1 aromatic carbocycles. The van der Waals surface area contributed by atoms with Crippen LogP contribution in [0.15, 0.2) is 30.3 Å². The van der Waals surface area contributed by atoms with E-state index in [1.165, 1.54) is 30.3 Å². The van der Waals surface area contributed by atoms with Crippen molar-refractivity contribution in [2.45, 2.75) is 13.3 Å². The lowest BCUT2D eigenvalue weighted by molar-refractivity contribution is 0.388. The maximum absolute atomic E-state index is 13.3. The number of rotatable bonds is 3. The highest BCUT2D eigenvalue weighted by Gasteiger charge is 2.24. The van der Waals surface area contributed by atoms with Crippen LogP contribution in [0.2, 0.25) is 0 Å². The fourth-order valence-electron chi connectivity index (χ4n) is 1.25. The summed E-state index contributed by atoms with van der Waals surface area (Å²) in [6, 6.07) is 5.55. The zero-order valence-corrected chi connectivity index (χ0v) is 9.12. The molecule has 0 heterocycles. The molecule has 1 aromatic rings. The Balaban J connectivity index is 3.30. The van der Waals surface area contributed by atoms with Gasteiger partial charge in [0.15, 0.2) is 0 Å². The third kappa shape index (κ3) is 2.99. The first-order chi connectivity index (χ1) is 6.96. The average molecular weight is 230 g/mol. The first-order valence-corrected chi connectivity index (χ1v) is 6.09. The summed E-state index contributed by atoms with van der Waals surface area (Å²) in [5.41, 5.74) is -0.0346.